The predicted molar refractivity (Wildman–Crippen MR) is 100.0 cm³/mol. The normalized spacial score (nSPS) is 42.6. The van der Waals surface area contributed by atoms with Gasteiger partial charge in [0, 0.05) is 12.8 Å². The van der Waals surface area contributed by atoms with Crippen LogP contribution in [0, 0.1) is 47.3 Å². The van der Waals surface area contributed by atoms with Crippen LogP contribution < -0.4 is 0 Å². The fourth-order valence-electron chi connectivity index (χ4n) is 7.09. The van der Waals surface area contributed by atoms with E-state index in [0.29, 0.717) is 29.6 Å². The average Bonchev–Trinajstić information content (AvgIpc) is 3.06. The van der Waals surface area contributed by atoms with E-state index >= 15 is 0 Å². The van der Waals surface area contributed by atoms with Gasteiger partial charge in [0.25, 0.3) is 0 Å². The summed E-state index contributed by atoms with van der Waals surface area (Å²) in [7, 11) is 0. The van der Waals surface area contributed by atoms with Gasteiger partial charge in [-0.25, -0.2) is 0 Å². The lowest BCUT2D eigenvalue weighted by Crippen LogP contribution is -2.49. The van der Waals surface area contributed by atoms with E-state index in [1.54, 1.807) is 6.08 Å². The standard InChI is InChI=1S/C23H30O3/c1-4-14(2)23-10-5-6-20(23)18-8-7-16-12-21(25)22(26-15(3)24)13-19(16)17(18)9-11-23/h1,12,14,17-20,22H,5-11,13H2,2-3H3/t14?,17-,18+,19-,20-,22?,23?/m0/s1. The monoisotopic (exact) mass is 354 g/mol. The Morgan fingerprint density at radius 3 is 2.85 bits per heavy atom. The Morgan fingerprint density at radius 1 is 1.31 bits per heavy atom. The smallest absolute Gasteiger partial charge is 0.303 e. The minimum Gasteiger partial charge on any atom is -0.454 e. The zero-order valence-corrected chi connectivity index (χ0v) is 16.0. The first kappa shape index (κ1) is 17.8. The van der Waals surface area contributed by atoms with Crippen LogP contribution in [-0.2, 0) is 14.3 Å². The highest BCUT2D eigenvalue weighted by Crippen LogP contribution is 2.64. The van der Waals surface area contributed by atoms with E-state index in [4.69, 9.17) is 11.2 Å². The van der Waals surface area contributed by atoms with Crippen molar-refractivity contribution >= 4 is 11.8 Å². The number of rotatable bonds is 2. The van der Waals surface area contributed by atoms with Gasteiger partial charge in [-0.1, -0.05) is 18.9 Å². The van der Waals surface area contributed by atoms with Crippen molar-refractivity contribution in [2.45, 2.75) is 71.3 Å². The minimum absolute atomic E-state index is 0.0168. The van der Waals surface area contributed by atoms with E-state index in [0.717, 1.165) is 18.3 Å². The Balaban J connectivity index is 1.60. The summed E-state index contributed by atoms with van der Waals surface area (Å²) in [5.74, 6) is 5.55. The Labute approximate surface area is 156 Å². The molecule has 0 aromatic carbocycles. The number of ketones is 1. The molecule has 26 heavy (non-hydrogen) atoms. The lowest BCUT2D eigenvalue weighted by Gasteiger charge is -2.55. The van der Waals surface area contributed by atoms with Crippen LogP contribution in [0.3, 0.4) is 0 Å². The van der Waals surface area contributed by atoms with E-state index in [1.807, 2.05) is 0 Å². The SMILES string of the molecule is C#CC(C)C12CCC[C@H]1[C@@H]1CCC3=CC(=O)C(OC(C)=O)C[C@@H]3[C@H]1CC2. The van der Waals surface area contributed by atoms with Crippen LogP contribution in [0.4, 0.5) is 0 Å². The molecule has 0 N–H and O–H groups in total. The number of carbonyl (C=O) groups is 2. The summed E-state index contributed by atoms with van der Waals surface area (Å²) in [5.41, 5.74) is 1.66. The molecule has 3 saturated carbocycles. The molecule has 0 aliphatic heterocycles. The molecule has 4 rings (SSSR count). The van der Waals surface area contributed by atoms with Crippen LogP contribution in [0.5, 0.6) is 0 Å². The van der Waals surface area contributed by atoms with Gasteiger partial charge in [0.05, 0.1) is 0 Å². The van der Waals surface area contributed by atoms with E-state index in [9.17, 15) is 9.59 Å². The van der Waals surface area contributed by atoms with Crippen LogP contribution in [0.1, 0.15) is 65.2 Å². The lowest BCUT2D eigenvalue weighted by atomic mass is 9.49. The van der Waals surface area contributed by atoms with E-state index < -0.39 is 6.10 Å². The molecule has 4 aliphatic rings. The maximum absolute atomic E-state index is 12.3. The molecule has 0 aromatic rings. The van der Waals surface area contributed by atoms with Crippen molar-refractivity contribution in [1.82, 2.24) is 0 Å². The number of esters is 1. The van der Waals surface area contributed by atoms with Crippen LogP contribution in [-0.4, -0.2) is 17.9 Å². The quantitative estimate of drug-likeness (QED) is 0.548. The third kappa shape index (κ3) is 2.65. The maximum atomic E-state index is 12.3. The van der Waals surface area contributed by atoms with Crippen molar-refractivity contribution in [3.8, 4) is 12.3 Å². The summed E-state index contributed by atoms with van der Waals surface area (Å²) >= 11 is 0. The molecule has 7 atom stereocenters. The molecule has 3 heteroatoms. The van der Waals surface area contributed by atoms with Gasteiger partial charge in [0.2, 0.25) is 0 Å². The molecule has 0 spiro atoms. The van der Waals surface area contributed by atoms with Crippen molar-refractivity contribution in [3.05, 3.63) is 11.6 Å². The first-order chi connectivity index (χ1) is 12.5. The van der Waals surface area contributed by atoms with Gasteiger partial charge in [0.15, 0.2) is 11.9 Å². The summed E-state index contributed by atoms with van der Waals surface area (Å²) < 4.78 is 5.33. The third-order valence-corrected chi connectivity index (χ3v) is 8.20. The molecule has 0 heterocycles. The van der Waals surface area contributed by atoms with Gasteiger partial charge in [-0.05, 0) is 80.1 Å². The lowest BCUT2D eigenvalue weighted by molar-refractivity contribution is -0.153. The van der Waals surface area contributed by atoms with Gasteiger partial charge in [-0.3, -0.25) is 9.59 Å². The molecule has 0 bridgehead atoms. The van der Waals surface area contributed by atoms with Crippen LogP contribution in [0.15, 0.2) is 11.6 Å². The summed E-state index contributed by atoms with van der Waals surface area (Å²) in [6.45, 7) is 3.65. The summed E-state index contributed by atoms with van der Waals surface area (Å²) in [4.78, 5) is 23.7. The van der Waals surface area contributed by atoms with Gasteiger partial charge < -0.3 is 4.74 Å². The molecule has 3 nitrogen and oxygen atoms in total. The van der Waals surface area contributed by atoms with Crippen LogP contribution in [0.2, 0.25) is 0 Å². The van der Waals surface area contributed by atoms with Crippen molar-refractivity contribution in [1.29, 1.82) is 0 Å². The Morgan fingerprint density at radius 2 is 2.12 bits per heavy atom. The number of ether oxygens (including phenoxy) is 1. The van der Waals surface area contributed by atoms with Gasteiger partial charge in [-0.2, -0.15) is 0 Å². The second-order valence-electron chi connectivity index (χ2n) is 9.09. The second-order valence-corrected chi connectivity index (χ2v) is 9.09. The third-order valence-electron chi connectivity index (χ3n) is 8.20. The van der Waals surface area contributed by atoms with Gasteiger partial charge >= 0.3 is 5.97 Å². The van der Waals surface area contributed by atoms with Crippen molar-refractivity contribution in [3.63, 3.8) is 0 Å². The zero-order valence-electron chi connectivity index (χ0n) is 16.0. The van der Waals surface area contributed by atoms with Gasteiger partial charge in [-0.15, -0.1) is 12.3 Å². The Hall–Kier alpha value is -1.56. The number of fused-ring (bicyclic) bond motifs is 5. The number of carbonyl (C=O) groups excluding carboxylic acids is 2. The molecular formula is C23H30O3. The van der Waals surface area contributed by atoms with E-state index in [2.05, 4.69) is 12.8 Å². The molecule has 0 radical (unpaired) electrons. The molecule has 0 aromatic heterocycles. The fourth-order valence-corrected chi connectivity index (χ4v) is 7.09. The summed E-state index contributed by atoms with van der Waals surface area (Å²) in [6.07, 6.45) is 16.3. The van der Waals surface area contributed by atoms with Crippen molar-refractivity contribution in [2.24, 2.45) is 35.0 Å². The molecular weight excluding hydrogens is 324 g/mol. The minimum atomic E-state index is -0.570. The summed E-state index contributed by atoms with van der Waals surface area (Å²) in [6, 6.07) is 0. The molecule has 0 amide bonds. The molecule has 3 fully saturated rings. The highest BCUT2D eigenvalue weighted by Gasteiger charge is 2.56. The van der Waals surface area contributed by atoms with Crippen molar-refractivity contribution in [2.75, 3.05) is 0 Å². The first-order valence-electron chi connectivity index (χ1n) is 10.3. The number of hydrogen-bond acceptors (Lipinski definition) is 3. The molecule has 140 valence electrons. The Kier molecular flexibility index (Phi) is 4.49. The first-order valence-corrected chi connectivity index (χ1v) is 10.3. The zero-order chi connectivity index (χ0) is 18.5. The molecule has 0 saturated heterocycles. The highest BCUT2D eigenvalue weighted by atomic mass is 16.5. The Bertz CT molecular complexity index is 684. The highest BCUT2D eigenvalue weighted by molar-refractivity contribution is 5.96. The number of hydrogen-bond donors (Lipinski definition) is 0. The molecule has 3 unspecified atom stereocenters. The van der Waals surface area contributed by atoms with Crippen LogP contribution >= 0.6 is 0 Å². The average molecular weight is 354 g/mol. The molecule has 4 aliphatic carbocycles. The fraction of sp³-hybridized carbons (Fsp3) is 0.739. The van der Waals surface area contributed by atoms with Crippen molar-refractivity contribution < 1.29 is 14.3 Å². The van der Waals surface area contributed by atoms with E-state index in [-0.39, 0.29) is 11.8 Å². The predicted octanol–water partition coefficient (Wildman–Crippen LogP) is 4.31. The number of terminal acetylenes is 1. The van der Waals surface area contributed by atoms with Gasteiger partial charge in [0.1, 0.15) is 0 Å². The second kappa shape index (κ2) is 6.55. The maximum Gasteiger partial charge on any atom is 0.303 e. The van der Waals surface area contributed by atoms with E-state index in [1.165, 1.54) is 51.0 Å². The summed E-state index contributed by atoms with van der Waals surface area (Å²) in [5, 5.41) is 0. The topological polar surface area (TPSA) is 43.4 Å². The largest absolute Gasteiger partial charge is 0.454 e. The number of allylic oxidation sites excluding steroid dienone is 1. The van der Waals surface area contributed by atoms with Crippen LogP contribution in [0.25, 0.3) is 0 Å².